The molecule has 2 rings (SSSR count). The quantitative estimate of drug-likeness (QED) is 0.786. The van der Waals surface area contributed by atoms with Crippen molar-refractivity contribution in [2.75, 3.05) is 13.1 Å². The molecule has 1 unspecified atom stereocenters. The predicted molar refractivity (Wildman–Crippen MR) is 73.1 cm³/mol. The van der Waals surface area contributed by atoms with Gasteiger partial charge in [-0.05, 0) is 24.5 Å². The van der Waals surface area contributed by atoms with Gasteiger partial charge in [-0.25, -0.2) is 0 Å². The summed E-state index contributed by atoms with van der Waals surface area (Å²) in [6.07, 6.45) is 1.19. The number of rotatable bonds is 4. The summed E-state index contributed by atoms with van der Waals surface area (Å²) >= 11 is 3.41. The Bertz CT molecular complexity index is 425. The molecule has 4 nitrogen and oxygen atoms in total. The summed E-state index contributed by atoms with van der Waals surface area (Å²) in [4.78, 5) is 11.5. The number of halogens is 1. The molecule has 0 saturated carbocycles. The largest absolute Gasteiger partial charge is 0.387 e. The molecule has 1 heterocycles. The third kappa shape index (κ3) is 3.31. The van der Waals surface area contributed by atoms with Crippen LogP contribution in [0.1, 0.15) is 24.5 Å². The lowest BCUT2D eigenvalue weighted by molar-refractivity contribution is -0.124. The summed E-state index contributed by atoms with van der Waals surface area (Å²) in [7, 11) is 0. The van der Waals surface area contributed by atoms with E-state index in [0.717, 1.165) is 29.4 Å². The number of carbonyl (C=O) groups is 1. The van der Waals surface area contributed by atoms with Gasteiger partial charge < -0.3 is 15.7 Å². The van der Waals surface area contributed by atoms with Gasteiger partial charge in [0, 0.05) is 17.6 Å². The number of nitrogens with one attached hydrogen (secondary N) is 2. The molecule has 0 bridgehead atoms. The van der Waals surface area contributed by atoms with Crippen LogP contribution in [0.4, 0.5) is 0 Å². The predicted octanol–water partition coefficient (Wildman–Crippen LogP) is 1.35. The van der Waals surface area contributed by atoms with Gasteiger partial charge >= 0.3 is 0 Å². The topological polar surface area (TPSA) is 61.4 Å². The van der Waals surface area contributed by atoms with Crippen LogP contribution >= 0.6 is 15.9 Å². The minimum atomic E-state index is -0.615. The second kappa shape index (κ2) is 6.31. The fraction of sp³-hybridized carbons (Fsp3) is 0.462. The second-order valence-corrected chi connectivity index (χ2v) is 5.29. The Balaban J connectivity index is 1.90. The minimum Gasteiger partial charge on any atom is -0.387 e. The maximum atomic E-state index is 11.5. The number of piperidine rings is 1. The lowest BCUT2D eigenvalue weighted by Crippen LogP contribution is -2.49. The number of hydrogen-bond donors (Lipinski definition) is 3. The van der Waals surface area contributed by atoms with Crippen LogP contribution < -0.4 is 10.6 Å². The van der Waals surface area contributed by atoms with E-state index in [2.05, 4.69) is 26.6 Å². The van der Waals surface area contributed by atoms with Crippen LogP contribution in [0.5, 0.6) is 0 Å². The van der Waals surface area contributed by atoms with E-state index in [4.69, 9.17) is 0 Å². The van der Waals surface area contributed by atoms with E-state index in [1.54, 1.807) is 0 Å². The van der Waals surface area contributed by atoms with Gasteiger partial charge in [0.25, 0.3) is 0 Å². The molecular formula is C13H17BrN2O2. The van der Waals surface area contributed by atoms with Gasteiger partial charge in [0.05, 0.1) is 12.1 Å². The number of aliphatic hydroxyl groups excluding tert-OH is 1. The number of benzene rings is 1. The maximum Gasteiger partial charge on any atom is 0.237 e. The summed E-state index contributed by atoms with van der Waals surface area (Å²) in [5.74, 6) is 0.0283. The molecule has 3 N–H and O–H groups in total. The van der Waals surface area contributed by atoms with Gasteiger partial charge in [-0.1, -0.05) is 34.1 Å². The van der Waals surface area contributed by atoms with Crippen LogP contribution in [0.3, 0.4) is 0 Å². The van der Waals surface area contributed by atoms with Crippen molar-refractivity contribution in [1.82, 2.24) is 10.6 Å². The van der Waals surface area contributed by atoms with Crippen LogP contribution in [-0.2, 0) is 4.79 Å². The van der Waals surface area contributed by atoms with Crippen molar-refractivity contribution in [2.24, 2.45) is 0 Å². The Kier molecular flexibility index (Phi) is 4.74. The summed E-state index contributed by atoms with van der Waals surface area (Å²) in [5.41, 5.74) is 0.834. The zero-order chi connectivity index (χ0) is 13.0. The van der Waals surface area contributed by atoms with Gasteiger partial charge in [-0.2, -0.15) is 0 Å². The van der Waals surface area contributed by atoms with Gasteiger partial charge in [0.1, 0.15) is 0 Å². The van der Waals surface area contributed by atoms with Crippen molar-refractivity contribution in [1.29, 1.82) is 0 Å². The Morgan fingerprint density at radius 1 is 1.50 bits per heavy atom. The van der Waals surface area contributed by atoms with Crippen LogP contribution in [0.15, 0.2) is 28.7 Å². The number of carbonyl (C=O) groups excluding carboxylic acids is 1. The summed E-state index contributed by atoms with van der Waals surface area (Å²) < 4.78 is 0.882. The molecule has 1 aliphatic heterocycles. The number of aliphatic hydroxyl groups is 1. The Hall–Kier alpha value is -0.910. The molecule has 1 aromatic rings. The van der Waals surface area contributed by atoms with E-state index in [9.17, 15) is 9.90 Å². The second-order valence-electron chi connectivity index (χ2n) is 4.43. The molecule has 98 valence electrons. The zero-order valence-electron chi connectivity index (χ0n) is 10.0. The van der Waals surface area contributed by atoms with Crippen LogP contribution in [0.25, 0.3) is 0 Å². The van der Waals surface area contributed by atoms with Gasteiger partial charge in [0.2, 0.25) is 5.91 Å². The van der Waals surface area contributed by atoms with Crippen molar-refractivity contribution in [3.8, 4) is 0 Å². The first-order valence-corrected chi connectivity index (χ1v) is 6.91. The molecule has 0 aromatic heterocycles. The molecular weight excluding hydrogens is 296 g/mol. The summed E-state index contributed by atoms with van der Waals surface area (Å²) in [5, 5.41) is 16.0. The van der Waals surface area contributed by atoms with Crippen molar-refractivity contribution in [2.45, 2.75) is 25.0 Å². The first-order chi connectivity index (χ1) is 8.68. The van der Waals surface area contributed by atoms with E-state index in [1.165, 1.54) is 0 Å². The third-order valence-corrected chi connectivity index (χ3v) is 3.83. The normalized spacial score (nSPS) is 21.4. The van der Waals surface area contributed by atoms with Crippen LogP contribution in [-0.4, -0.2) is 30.1 Å². The highest BCUT2D eigenvalue weighted by Crippen LogP contribution is 2.22. The highest BCUT2D eigenvalue weighted by molar-refractivity contribution is 9.10. The van der Waals surface area contributed by atoms with Gasteiger partial charge in [-0.3, -0.25) is 4.79 Å². The smallest absolute Gasteiger partial charge is 0.237 e. The highest BCUT2D eigenvalue weighted by Gasteiger charge is 2.22. The molecule has 5 heteroatoms. The molecule has 0 radical (unpaired) electrons. The standard InChI is InChI=1S/C13H17BrN2O2/c14-10-5-2-1-4-9(10)12(17)8-16-11-6-3-7-15-13(11)18/h1-2,4-5,11-12,16-17H,3,6-8H2,(H,15,18)/t11-,12?/m0/s1. The molecule has 2 atom stereocenters. The van der Waals surface area contributed by atoms with Crippen molar-refractivity contribution in [3.05, 3.63) is 34.3 Å². The molecule has 18 heavy (non-hydrogen) atoms. The van der Waals surface area contributed by atoms with E-state index in [1.807, 2.05) is 24.3 Å². The van der Waals surface area contributed by atoms with Crippen molar-refractivity contribution < 1.29 is 9.90 Å². The molecule has 1 amide bonds. The lowest BCUT2D eigenvalue weighted by Gasteiger charge is -2.24. The number of amides is 1. The summed E-state index contributed by atoms with van der Waals surface area (Å²) in [6.45, 7) is 1.13. The average molecular weight is 313 g/mol. The lowest BCUT2D eigenvalue weighted by atomic mass is 10.1. The highest BCUT2D eigenvalue weighted by atomic mass is 79.9. The fourth-order valence-electron chi connectivity index (χ4n) is 2.08. The van der Waals surface area contributed by atoms with E-state index in [-0.39, 0.29) is 11.9 Å². The molecule has 0 spiro atoms. The van der Waals surface area contributed by atoms with E-state index < -0.39 is 6.10 Å². The first kappa shape index (κ1) is 13.5. The molecule has 1 aromatic carbocycles. The van der Waals surface area contributed by atoms with E-state index >= 15 is 0 Å². The zero-order valence-corrected chi connectivity index (χ0v) is 11.6. The molecule has 1 aliphatic rings. The molecule has 0 aliphatic carbocycles. The Morgan fingerprint density at radius 2 is 2.28 bits per heavy atom. The summed E-state index contributed by atoms with van der Waals surface area (Å²) in [6, 6.07) is 7.37. The van der Waals surface area contributed by atoms with Gasteiger partial charge in [-0.15, -0.1) is 0 Å². The SMILES string of the molecule is O=C1NCCC[C@@H]1NCC(O)c1ccccc1Br. The van der Waals surface area contributed by atoms with Crippen molar-refractivity contribution >= 4 is 21.8 Å². The molecule has 1 fully saturated rings. The maximum absolute atomic E-state index is 11.5. The minimum absolute atomic E-state index is 0.0283. The van der Waals surface area contributed by atoms with E-state index in [0.29, 0.717) is 6.54 Å². The molecule has 1 saturated heterocycles. The average Bonchev–Trinajstić information content (AvgIpc) is 2.38. The Labute approximate surface area is 115 Å². The van der Waals surface area contributed by atoms with Crippen LogP contribution in [0, 0.1) is 0 Å². The van der Waals surface area contributed by atoms with Crippen molar-refractivity contribution in [3.63, 3.8) is 0 Å². The third-order valence-electron chi connectivity index (χ3n) is 3.11. The first-order valence-electron chi connectivity index (χ1n) is 6.12. The fourth-order valence-corrected chi connectivity index (χ4v) is 2.63. The van der Waals surface area contributed by atoms with Gasteiger partial charge in [0.15, 0.2) is 0 Å². The monoisotopic (exact) mass is 312 g/mol. The Morgan fingerprint density at radius 3 is 3.00 bits per heavy atom. The number of hydrogen-bond acceptors (Lipinski definition) is 3. The van der Waals surface area contributed by atoms with Crippen LogP contribution in [0.2, 0.25) is 0 Å².